The average Bonchev–Trinajstić information content (AvgIpc) is 2.51. The first-order valence-corrected chi connectivity index (χ1v) is 7.74. The Morgan fingerprint density at radius 3 is 0.900 bits per heavy atom. The summed E-state index contributed by atoms with van der Waals surface area (Å²) in [6.45, 7) is 0. The van der Waals surface area contributed by atoms with Gasteiger partial charge in [-0.25, -0.2) is 0 Å². The topological polar surface area (TPSA) is 0 Å². The predicted molar refractivity (Wildman–Crippen MR) is 95.5 cm³/mol. The molecule has 3 aromatic rings. The van der Waals surface area contributed by atoms with Crippen molar-refractivity contribution in [2.24, 2.45) is 0 Å². The highest BCUT2D eigenvalue weighted by Gasteiger charge is 2.14. The molecule has 0 aromatic heterocycles. The average molecular weight is 296 g/mol. The maximum atomic E-state index is 2.23. The van der Waals surface area contributed by atoms with Crippen LogP contribution in [0.1, 0.15) is 0 Å². The molecule has 0 amide bonds. The van der Waals surface area contributed by atoms with Gasteiger partial charge >= 0.3 is 0 Å². The van der Waals surface area contributed by atoms with Crippen molar-refractivity contribution in [2.75, 3.05) is 0 Å². The summed E-state index contributed by atoms with van der Waals surface area (Å²) in [6.07, 6.45) is 0. The largest absolute Gasteiger partial charge is 0.197 e. The van der Waals surface area contributed by atoms with E-state index >= 15 is 0 Å². The zero-order valence-corrected chi connectivity index (χ0v) is 13.0. The second-order valence-electron chi connectivity index (χ2n) is 4.34. The van der Waals surface area contributed by atoms with Crippen LogP contribution in [0.3, 0.4) is 0 Å². The molecule has 3 rings (SSSR count). The third-order valence-electron chi connectivity index (χ3n) is 3.04. The van der Waals surface area contributed by atoms with Gasteiger partial charge in [-0.05, 0) is 23.8 Å². The molecule has 0 nitrogen and oxygen atoms in total. The Morgan fingerprint density at radius 2 is 0.650 bits per heavy atom. The van der Waals surface area contributed by atoms with E-state index in [1.54, 1.807) is 0 Å². The van der Waals surface area contributed by atoms with Gasteiger partial charge in [-0.2, -0.15) is 13.5 Å². The molecular weight excluding hydrogens is 279 g/mol. The Morgan fingerprint density at radius 1 is 0.400 bits per heavy atom. The molecule has 0 saturated carbocycles. The summed E-state index contributed by atoms with van der Waals surface area (Å²) in [5.74, 6) is 0. The van der Waals surface area contributed by atoms with Crippen LogP contribution >= 0.6 is 21.4 Å². The van der Waals surface area contributed by atoms with Crippen molar-refractivity contribution in [3.63, 3.8) is 0 Å². The fraction of sp³-hybridized carbons (Fsp3) is 0. The smallest absolute Gasteiger partial charge is 0.0134 e. The first-order valence-electron chi connectivity index (χ1n) is 6.40. The van der Waals surface area contributed by atoms with Crippen molar-refractivity contribution in [3.8, 4) is 0 Å². The van der Waals surface area contributed by atoms with E-state index in [0.717, 1.165) is 0 Å². The fourth-order valence-electron chi connectivity index (χ4n) is 2.18. The van der Waals surface area contributed by atoms with Crippen molar-refractivity contribution in [1.82, 2.24) is 0 Å². The van der Waals surface area contributed by atoms with Crippen LogP contribution in [0.5, 0.6) is 0 Å². The van der Waals surface area contributed by atoms with Crippen LogP contribution in [0.2, 0.25) is 0 Å². The third-order valence-corrected chi connectivity index (χ3v) is 5.49. The molecule has 0 aliphatic heterocycles. The van der Waals surface area contributed by atoms with Gasteiger partial charge in [0.2, 0.25) is 0 Å². The molecule has 0 bridgehead atoms. The maximum absolute atomic E-state index is 2.23. The lowest BCUT2D eigenvalue weighted by atomic mass is 10.4. The predicted octanol–water partition coefficient (Wildman–Crippen LogP) is 3.56. The maximum Gasteiger partial charge on any atom is -0.0134 e. The second-order valence-corrected chi connectivity index (χ2v) is 6.56. The van der Waals surface area contributed by atoms with Gasteiger partial charge in [-0.1, -0.05) is 91.0 Å². The third kappa shape index (κ3) is 3.30. The Labute approximate surface area is 128 Å². The molecule has 0 spiro atoms. The Balaban J connectivity index is 0.00000147. The molecule has 3 aromatic carbocycles. The highest BCUT2D eigenvalue weighted by Crippen LogP contribution is 2.32. The number of hydrogen-bond donors (Lipinski definition) is 0. The zero-order chi connectivity index (χ0) is 12.9. The molecule has 0 heterocycles. The monoisotopic (exact) mass is 296 g/mol. The summed E-state index contributed by atoms with van der Waals surface area (Å²) in [5, 5.41) is 4.19. The molecule has 0 fully saturated rings. The second kappa shape index (κ2) is 7.28. The van der Waals surface area contributed by atoms with E-state index in [0.29, 0.717) is 0 Å². The van der Waals surface area contributed by atoms with E-state index in [1.807, 2.05) is 0 Å². The van der Waals surface area contributed by atoms with Crippen LogP contribution in [-0.2, 0) is 0 Å². The Bertz CT molecular complexity index is 529. The first-order chi connectivity index (χ1) is 9.45. The first kappa shape index (κ1) is 14.8. The summed E-state index contributed by atoms with van der Waals surface area (Å²) in [6, 6.07) is 32.3. The Hall–Kier alpha value is -1.56. The van der Waals surface area contributed by atoms with Gasteiger partial charge in [0, 0.05) is 0 Å². The van der Waals surface area contributed by atoms with Gasteiger partial charge in [0.05, 0.1) is 0 Å². The molecule has 2 heteroatoms. The molecular formula is C18H17PS. The minimum absolute atomic E-state index is 0. The van der Waals surface area contributed by atoms with Crippen molar-refractivity contribution in [3.05, 3.63) is 91.0 Å². The lowest BCUT2D eigenvalue weighted by Gasteiger charge is -2.18. The summed E-state index contributed by atoms with van der Waals surface area (Å²) >= 11 is 0. The Kier molecular flexibility index (Phi) is 5.40. The van der Waals surface area contributed by atoms with Crippen molar-refractivity contribution in [1.29, 1.82) is 0 Å². The van der Waals surface area contributed by atoms with Crippen LogP contribution in [0.4, 0.5) is 0 Å². The molecule has 0 N–H and O–H groups in total. The van der Waals surface area contributed by atoms with Gasteiger partial charge in [0.1, 0.15) is 0 Å². The van der Waals surface area contributed by atoms with E-state index < -0.39 is 7.92 Å². The number of rotatable bonds is 3. The van der Waals surface area contributed by atoms with Crippen molar-refractivity contribution < 1.29 is 0 Å². The lowest BCUT2D eigenvalue weighted by molar-refractivity contribution is 1.74. The van der Waals surface area contributed by atoms with Crippen LogP contribution in [-0.4, -0.2) is 0 Å². The quantitative estimate of drug-likeness (QED) is 0.648. The minimum Gasteiger partial charge on any atom is -0.197 e. The van der Waals surface area contributed by atoms with Gasteiger partial charge in [-0.15, -0.1) is 0 Å². The lowest BCUT2D eigenvalue weighted by Crippen LogP contribution is -2.20. The van der Waals surface area contributed by atoms with E-state index in [1.165, 1.54) is 15.9 Å². The van der Waals surface area contributed by atoms with E-state index in [9.17, 15) is 0 Å². The highest BCUT2D eigenvalue weighted by molar-refractivity contribution is 7.79. The minimum atomic E-state index is -0.446. The van der Waals surface area contributed by atoms with Crippen LogP contribution < -0.4 is 15.9 Å². The van der Waals surface area contributed by atoms with E-state index in [4.69, 9.17) is 0 Å². The summed E-state index contributed by atoms with van der Waals surface area (Å²) < 4.78 is 0. The van der Waals surface area contributed by atoms with Gasteiger partial charge in [-0.3, -0.25) is 0 Å². The standard InChI is InChI=1S/C18H15P.H2S/c1-4-10-16(11-5-1)19(17-12-6-2-7-13-17)18-14-8-3-9-15-18;/h1-15H;1H2. The molecule has 0 atom stereocenters. The SMILES string of the molecule is S.c1ccc(P(c2ccccc2)c2ccccc2)cc1. The fourth-order valence-corrected chi connectivity index (χ4v) is 4.48. The van der Waals surface area contributed by atoms with E-state index in [2.05, 4.69) is 91.0 Å². The highest BCUT2D eigenvalue weighted by atomic mass is 32.1. The van der Waals surface area contributed by atoms with Gasteiger partial charge in [0.15, 0.2) is 0 Å². The van der Waals surface area contributed by atoms with Crippen LogP contribution in [0.25, 0.3) is 0 Å². The van der Waals surface area contributed by atoms with Crippen LogP contribution in [0, 0.1) is 0 Å². The molecule has 0 aliphatic carbocycles. The molecule has 20 heavy (non-hydrogen) atoms. The molecule has 0 unspecified atom stereocenters. The van der Waals surface area contributed by atoms with Crippen LogP contribution in [0.15, 0.2) is 91.0 Å². The van der Waals surface area contributed by atoms with Gasteiger partial charge < -0.3 is 0 Å². The van der Waals surface area contributed by atoms with Crippen molar-refractivity contribution in [2.45, 2.75) is 0 Å². The summed E-state index contributed by atoms with van der Waals surface area (Å²) in [7, 11) is -0.446. The van der Waals surface area contributed by atoms with Crippen molar-refractivity contribution >= 4 is 37.3 Å². The van der Waals surface area contributed by atoms with E-state index in [-0.39, 0.29) is 13.5 Å². The summed E-state index contributed by atoms with van der Waals surface area (Å²) in [4.78, 5) is 0. The number of benzene rings is 3. The normalized spacial score (nSPS) is 10.1. The molecule has 100 valence electrons. The number of hydrogen-bond acceptors (Lipinski definition) is 0. The molecule has 0 radical (unpaired) electrons. The van der Waals surface area contributed by atoms with Gasteiger partial charge in [0.25, 0.3) is 0 Å². The molecule has 0 aliphatic rings. The summed E-state index contributed by atoms with van der Waals surface area (Å²) in [5.41, 5.74) is 0. The zero-order valence-electron chi connectivity index (χ0n) is 11.1. The molecule has 0 saturated heterocycles.